The number of alkyl halides is 2. The highest BCUT2D eigenvalue weighted by atomic mass is 19.3. The molecule has 1 N–H and O–H groups in total. The van der Waals surface area contributed by atoms with Crippen molar-refractivity contribution in [2.75, 3.05) is 31.1 Å². The summed E-state index contributed by atoms with van der Waals surface area (Å²) in [7, 11) is 0. The number of fused-ring (bicyclic) bond motifs is 1. The molecule has 0 amide bonds. The first-order valence-corrected chi connectivity index (χ1v) is 11.8. The van der Waals surface area contributed by atoms with Gasteiger partial charge < -0.3 is 19.1 Å². The quantitative estimate of drug-likeness (QED) is 0.356. The minimum absolute atomic E-state index is 0.000577. The van der Waals surface area contributed by atoms with E-state index in [0.717, 1.165) is 32.0 Å². The van der Waals surface area contributed by atoms with Crippen LogP contribution in [0, 0.1) is 5.82 Å². The van der Waals surface area contributed by atoms with E-state index in [-0.39, 0.29) is 23.5 Å². The molecule has 0 atom stereocenters. The van der Waals surface area contributed by atoms with Crippen LogP contribution in [-0.2, 0) is 6.54 Å². The molecule has 0 aliphatic carbocycles. The van der Waals surface area contributed by atoms with E-state index in [9.17, 15) is 13.6 Å². The number of halogens is 3. The molecule has 10 nitrogen and oxygen atoms in total. The molecular formula is C25H20F3N7O3. The Morgan fingerprint density at radius 2 is 1.84 bits per heavy atom. The highest BCUT2D eigenvalue weighted by Crippen LogP contribution is 2.30. The van der Waals surface area contributed by atoms with E-state index in [2.05, 4.69) is 30.4 Å². The number of oxazole rings is 1. The largest absolute Gasteiger partial charge is 0.420 e. The van der Waals surface area contributed by atoms with E-state index in [4.69, 9.17) is 8.83 Å². The lowest BCUT2D eigenvalue weighted by Gasteiger charge is -2.28. The van der Waals surface area contributed by atoms with Crippen molar-refractivity contribution in [2.45, 2.75) is 13.0 Å². The SMILES string of the molecule is O=c1oc2cc(-c3ccnc(N4CCNCC4)c3)c(F)cc2n1Cc1ccc(-c2nnc(C(F)F)o2)cn1. The second-order valence-electron chi connectivity index (χ2n) is 8.68. The van der Waals surface area contributed by atoms with E-state index in [0.29, 0.717) is 22.4 Å². The monoisotopic (exact) mass is 523 g/mol. The molecule has 0 radical (unpaired) electrons. The summed E-state index contributed by atoms with van der Waals surface area (Å²) in [5, 5.41) is 10.2. The molecule has 0 saturated carbocycles. The lowest BCUT2D eigenvalue weighted by Crippen LogP contribution is -2.43. The lowest BCUT2D eigenvalue weighted by molar-refractivity contribution is 0.116. The first-order chi connectivity index (χ1) is 18.5. The maximum Gasteiger partial charge on any atom is 0.420 e. The minimum atomic E-state index is -2.88. The highest BCUT2D eigenvalue weighted by Gasteiger charge is 2.19. The molecule has 0 spiro atoms. The summed E-state index contributed by atoms with van der Waals surface area (Å²) >= 11 is 0. The van der Waals surface area contributed by atoms with Gasteiger partial charge in [-0.1, -0.05) is 0 Å². The predicted molar refractivity (Wildman–Crippen MR) is 130 cm³/mol. The first kappa shape index (κ1) is 23.9. The first-order valence-electron chi connectivity index (χ1n) is 11.8. The highest BCUT2D eigenvalue weighted by molar-refractivity contribution is 5.81. The summed E-state index contributed by atoms with van der Waals surface area (Å²) in [5.41, 5.74) is 2.21. The molecule has 0 unspecified atom stereocenters. The molecule has 5 aromatic rings. The predicted octanol–water partition coefficient (Wildman–Crippen LogP) is 3.64. The number of piperazine rings is 1. The van der Waals surface area contributed by atoms with Crippen molar-refractivity contribution in [2.24, 2.45) is 0 Å². The van der Waals surface area contributed by atoms with Crippen LogP contribution < -0.4 is 16.0 Å². The summed E-state index contributed by atoms with van der Waals surface area (Å²) in [5.74, 6) is -1.32. The fourth-order valence-electron chi connectivity index (χ4n) is 4.35. The summed E-state index contributed by atoms with van der Waals surface area (Å²) in [6, 6.07) is 9.43. The summed E-state index contributed by atoms with van der Waals surface area (Å²) in [6.45, 7) is 3.30. The van der Waals surface area contributed by atoms with Crippen LogP contribution in [0.2, 0.25) is 0 Å². The van der Waals surface area contributed by atoms with Gasteiger partial charge in [0.2, 0.25) is 5.89 Å². The van der Waals surface area contributed by atoms with Crippen LogP contribution in [0.15, 0.2) is 62.4 Å². The number of pyridine rings is 2. The Morgan fingerprint density at radius 3 is 2.58 bits per heavy atom. The van der Waals surface area contributed by atoms with E-state index in [1.807, 2.05) is 6.07 Å². The van der Waals surface area contributed by atoms with Crippen LogP contribution >= 0.6 is 0 Å². The number of anilines is 1. The van der Waals surface area contributed by atoms with Gasteiger partial charge in [-0.05, 0) is 35.9 Å². The standard InChI is InChI=1S/C25H20F3N7O3/c26-18-11-19-20(10-17(18)14-3-4-30-21(9-14)34-7-5-29-6-8-34)37-25(36)35(19)13-16-2-1-15(12-31-16)23-32-33-24(38-23)22(27)28/h1-4,9-12,22,29H,5-8,13H2. The zero-order chi connectivity index (χ0) is 26.2. The van der Waals surface area contributed by atoms with Crippen LogP contribution in [0.3, 0.4) is 0 Å². The van der Waals surface area contributed by atoms with Crippen LogP contribution in [0.5, 0.6) is 0 Å². The molecule has 38 heavy (non-hydrogen) atoms. The van der Waals surface area contributed by atoms with Crippen molar-refractivity contribution in [1.82, 2.24) is 30.0 Å². The van der Waals surface area contributed by atoms with Gasteiger partial charge in [-0.15, -0.1) is 10.2 Å². The molecule has 1 aromatic carbocycles. The number of hydrogen-bond acceptors (Lipinski definition) is 9. The third kappa shape index (κ3) is 4.52. The van der Waals surface area contributed by atoms with Gasteiger partial charge in [0.1, 0.15) is 11.6 Å². The fraction of sp³-hybridized carbons (Fsp3) is 0.240. The fourth-order valence-corrected chi connectivity index (χ4v) is 4.35. The third-order valence-corrected chi connectivity index (χ3v) is 6.27. The van der Waals surface area contributed by atoms with E-state index >= 15 is 4.39 Å². The Labute approximate surface area is 212 Å². The molecule has 13 heteroatoms. The maximum absolute atomic E-state index is 15.3. The van der Waals surface area contributed by atoms with Gasteiger partial charge in [-0.3, -0.25) is 9.55 Å². The van der Waals surface area contributed by atoms with E-state index < -0.39 is 23.9 Å². The second kappa shape index (κ2) is 9.74. The second-order valence-corrected chi connectivity index (χ2v) is 8.68. The Balaban J connectivity index is 1.28. The molecule has 1 aliphatic heterocycles. The average Bonchev–Trinajstić information content (AvgIpc) is 3.55. The van der Waals surface area contributed by atoms with Crippen molar-refractivity contribution < 1.29 is 22.0 Å². The van der Waals surface area contributed by atoms with Crippen LogP contribution in [0.4, 0.5) is 19.0 Å². The van der Waals surface area contributed by atoms with Gasteiger partial charge in [0, 0.05) is 50.2 Å². The molecular weight excluding hydrogens is 503 g/mol. The number of benzene rings is 1. The van der Waals surface area contributed by atoms with Crippen LogP contribution in [0.25, 0.3) is 33.7 Å². The number of hydrogen-bond donors (Lipinski definition) is 1. The van der Waals surface area contributed by atoms with Gasteiger partial charge in [0.05, 0.1) is 23.3 Å². The number of nitrogens with one attached hydrogen (secondary N) is 1. The van der Waals surface area contributed by atoms with Gasteiger partial charge in [-0.2, -0.15) is 8.78 Å². The molecule has 1 fully saturated rings. The lowest BCUT2D eigenvalue weighted by atomic mass is 10.1. The zero-order valence-corrected chi connectivity index (χ0v) is 19.8. The van der Waals surface area contributed by atoms with Gasteiger partial charge in [0.15, 0.2) is 5.58 Å². The van der Waals surface area contributed by atoms with Gasteiger partial charge in [-0.25, -0.2) is 14.2 Å². The van der Waals surface area contributed by atoms with Crippen molar-refractivity contribution in [3.8, 4) is 22.6 Å². The number of rotatable bonds is 6. The topological polar surface area (TPSA) is 115 Å². The van der Waals surface area contributed by atoms with Crippen LogP contribution in [-0.4, -0.2) is 50.9 Å². The number of aromatic nitrogens is 5. The Kier molecular flexibility index (Phi) is 6.12. The Morgan fingerprint density at radius 1 is 1.00 bits per heavy atom. The van der Waals surface area contributed by atoms with Gasteiger partial charge in [0.25, 0.3) is 5.89 Å². The summed E-state index contributed by atoms with van der Waals surface area (Å²) in [4.78, 5) is 23.4. The maximum atomic E-state index is 15.3. The molecule has 4 aromatic heterocycles. The summed E-state index contributed by atoms with van der Waals surface area (Å²) in [6.07, 6.45) is 0.123. The van der Waals surface area contributed by atoms with Crippen molar-refractivity contribution in [1.29, 1.82) is 0 Å². The van der Waals surface area contributed by atoms with E-state index in [1.54, 1.807) is 24.4 Å². The van der Waals surface area contributed by atoms with Crippen molar-refractivity contribution >= 4 is 16.9 Å². The Bertz CT molecular complexity index is 1660. The van der Waals surface area contributed by atoms with E-state index in [1.165, 1.54) is 22.9 Å². The molecule has 5 heterocycles. The normalized spacial score (nSPS) is 14.1. The average molecular weight is 523 g/mol. The Hall–Kier alpha value is -4.52. The molecule has 6 rings (SSSR count). The zero-order valence-electron chi connectivity index (χ0n) is 19.8. The molecule has 194 valence electrons. The van der Waals surface area contributed by atoms with Crippen molar-refractivity contribution in [3.05, 3.63) is 76.7 Å². The van der Waals surface area contributed by atoms with Gasteiger partial charge >= 0.3 is 12.2 Å². The smallest absolute Gasteiger partial charge is 0.415 e. The molecule has 1 aliphatic rings. The summed E-state index contributed by atoms with van der Waals surface area (Å²) < 4.78 is 52.3. The molecule has 0 bridgehead atoms. The third-order valence-electron chi connectivity index (χ3n) is 6.27. The minimum Gasteiger partial charge on any atom is -0.415 e. The van der Waals surface area contributed by atoms with Crippen molar-refractivity contribution in [3.63, 3.8) is 0 Å². The number of nitrogens with zero attached hydrogens (tertiary/aromatic N) is 6. The molecule has 1 saturated heterocycles. The van der Waals surface area contributed by atoms with Crippen LogP contribution in [0.1, 0.15) is 18.0 Å².